The molecule has 0 radical (unpaired) electrons. The van der Waals surface area contributed by atoms with Gasteiger partial charge >= 0.3 is 18.1 Å². The number of amides is 1. The van der Waals surface area contributed by atoms with Gasteiger partial charge in [-0.3, -0.25) is 9.59 Å². The van der Waals surface area contributed by atoms with E-state index in [-0.39, 0.29) is 41.4 Å². The lowest BCUT2D eigenvalue weighted by Crippen LogP contribution is -2.41. The predicted molar refractivity (Wildman–Crippen MR) is 94.4 cm³/mol. The minimum absolute atomic E-state index is 0.0891. The quantitative estimate of drug-likeness (QED) is 0.708. The fourth-order valence-corrected chi connectivity index (χ4v) is 2.60. The lowest BCUT2D eigenvalue weighted by molar-refractivity contribution is -0.290. The van der Waals surface area contributed by atoms with E-state index in [2.05, 4.69) is 15.0 Å². The summed E-state index contributed by atoms with van der Waals surface area (Å²) >= 11 is 0. The first-order valence-corrected chi connectivity index (χ1v) is 8.69. The molecule has 1 amide bonds. The Balaban J connectivity index is 1.92. The zero-order chi connectivity index (χ0) is 22.3. The number of nitrogens with one attached hydrogen (secondary N) is 1. The molecular formula is C18H16F5N3O4. The smallest absolute Gasteiger partial charge is 0.456 e. The van der Waals surface area contributed by atoms with Crippen LogP contribution in [0.4, 0.5) is 27.8 Å². The Morgan fingerprint density at radius 3 is 2.33 bits per heavy atom. The first kappa shape index (κ1) is 21.5. The maximum atomic E-state index is 13.0. The largest absolute Gasteiger partial charge is 0.487 e. The standard InChI is InChI=1S/C18H16F5N3O4/c1-9(2)30-16-25-14-12(7-13(27)24-14)15(28)26(16)10-3-5-11(6-4-10)29-8-17(19,20)18(21,22)23/h3-6,9H,7-8H2,1-2H3,(H,24,27). The van der Waals surface area contributed by atoms with E-state index in [1.54, 1.807) is 13.8 Å². The second-order valence-corrected chi connectivity index (χ2v) is 6.74. The molecule has 0 bridgehead atoms. The van der Waals surface area contributed by atoms with Gasteiger partial charge in [0.05, 0.1) is 23.8 Å². The molecule has 2 aromatic rings. The van der Waals surface area contributed by atoms with Gasteiger partial charge < -0.3 is 14.8 Å². The van der Waals surface area contributed by atoms with Gasteiger partial charge in [0.1, 0.15) is 11.6 Å². The van der Waals surface area contributed by atoms with Crippen LogP contribution in [0.25, 0.3) is 5.69 Å². The molecular weight excluding hydrogens is 417 g/mol. The van der Waals surface area contributed by atoms with Crippen LogP contribution >= 0.6 is 0 Å². The summed E-state index contributed by atoms with van der Waals surface area (Å²) in [7, 11) is 0. The monoisotopic (exact) mass is 433 g/mol. The maximum absolute atomic E-state index is 13.0. The number of anilines is 1. The minimum Gasteiger partial charge on any atom is -0.487 e. The maximum Gasteiger partial charge on any atom is 0.456 e. The topological polar surface area (TPSA) is 82.4 Å². The fourth-order valence-electron chi connectivity index (χ4n) is 2.60. The van der Waals surface area contributed by atoms with Gasteiger partial charge in [-0.05, 0) is 38.1 Å². The Labute approximate surface area is 166 Å². The molecule has 0 saturated heterocycles. The van der Waals surface area contributed by atoms with E-state index in [9.17, 15) is 31.5 Å². The molecule has 0 fully saturated rings. The van der Waals surface area contributed by atoms with Crippen LogP contribution in [0.15, 0.2) is 29.1 Å². The summed E-state index contributed by atoms with van der Waals surface area (Å²) < 4.78 is 73.9. The molecule has 1 aromatic carbocycles. The van der Waals surface area contributed by atoms with Crippen LogP contribution in [0.5, 0.6) is 11.8 Å². The lowest BCUT2D eigenvalue weighted by atomic mass is 10.2. The summed E-state index contributed by atoms with van der Waals surface area (Å²) in [5.74, 6) is -5.58. The van der Waals surface area contributed by atoms with E-state index in [1.165, 1.54) is 12.1 Å². The Morgan fingerprint density at radius 2 is 1.77 bits per heavy atom. The first-order valence-electron chi connectivity index (χ1n) is 8.69. The van der Waals surface area contributed by atoms with Gasteiger partial charge in [0.2, 0.25) is 5.91 Å². The van der Waals surface area contributed by atoms with Crippen molar-refractivity contribution in [2.45, 2.75) is 38.5 Å². The molecule has 3 rings (SSSR count). The number of halogens is 5. The third-order valence-corrected chi connectivity index (χ3v) is 4.01. The Kier molecular flexibility index (Phi) is 5.44. The van der Waals surface area contributed by atoms with Gasteiger partial charge in [-0.15, -0.1) is 0 Å². The van der Waals surface area contributed by atoms with Crippen LogP contribution in [0.2, 0.25) is 0 Å². The molecule has 1 N–H and O–H groups in total. The number of fused-ring (bicyclic) bond motifs is 1. The second-order valence-electron chi connectivity index (χ2n) is 6.74. The van der Waals surface area contributed by atoms with Crippen molar-refractivity contribution in [2.75, 3.05) is 11.9 Å². The molecule has 0 unspecified atom stereocenters. The van der Waals surface area contributed by atoms with Crippen molar-refractivity contribution >= 4 is 11.7 Å². The number of hydrogen-bond acceptors (Lipinski definition) is 5. The van der Waals surface area contributed by atoms with Crippen LogP contribution in [-0.4, -0.2) is 40.3 Å². The van der Waals surface area contributed by atoms with E-state index < -0.39 is 30.2 Å². The van der Waals surface area contributed by atoms with E-state index >= 15 is 0 Å². The van der Waals surface area contributed by atoms with Crippen LogP contribution in [0, 0.1) is 0 Å². The molecule has 0 saturated carbocycles. The third-order valence-electron chi connectivity index (χ3n) is 4.01. The SMILES string of the molecule is CC(C)Oc1nc2c(c(=O)n1-c1ccc(OCC(F)(F)C(F)(F)F)cc1)CC(=O)N2. The van der Waals surface area contributed by atoms with Crippen molar-refractivity contribution in [1.82, 2.24) is 9.55 Å². The van der Waals surface area contributed by atoms with Crippen LogP contribution in [0.3, 0.4) is 0 Å². The lowest BCUT2D eigenvalue weighted by Gasteiger charge is -2.20. The van der Waals surface area contributed by atoms with E-state index in [0.717, 1.165) is 16.7 Å². The zero-order valence-electron chi connectivity index (χ0n) is 15.7. The highest BCUT2D eigenvalue weighted by molar-refractivity contribution is 5.97. The number of nitrogens with zero attached hydrogens (tertiary/aromatic N) is 2. The highest BCUT2D eigenvalue weighted by Crippen LogP contribution is 2.35. The molecule has 0 aliphatic carbocycles. The number of rotatable bonds is 6. The number of aromatic nitrogens is 2. The molecule has 30 heavy (non-hydrogen) atoms. The number of carbonyl (C=O) groups excluding carboxylic acids is 1. The zero-order valence-corrected chi connectivity index (χ0v) is 15.7. The number of ether oxygens (including phenoxy) is 2. The van der Waals surface area contributed by atoms with Crippen molar-refractivity contribution in [3.05, 3.63) is 40.2 Å². The summed E-state index contributed by atoms with van der Waals surface area (Å²) in [6.07, 6.45) is -6.27. The molecule has 162 valence electrons. The van der Waals surface area contributed by atoms with Gasteiger partial charge in [-0.2, -0.15) is 26.9 Å². The molecule has 0 atom stereocenters. The van der Waals surface area contributed by atoms with Gasteiger partial charge in [-0.1, -0.05) is 0 Å². The average Bonchev–Trinajstić information content (AvgIpc) is 3.00. The molecule has 12 heteroatoms. The Hall–Kier alpha value is -3.18. The third kappa shape index (κ3) is 4.21. The molecule has 1 aromatic heterocycles. The van der Waals surface area contributed by atoms with Crippen molar-refractivity contribution in [3.8, 4) is 17.4 Å². The highest BCUT2D eigenvalue weighted by Gasteiger charge is 2.58. The van der Waals surface area contributed by atoms with Crippen molar-refractivity contribution in [2.24, 2.45) is 0 Å². The number of benzene rings is 1. The summed E-state index contributed by atoms with van der Waals surface area (Å²) in [6.45, 7) is 1.51. The van der Waals surface area contributed by atoms with Gasteiger partial charge in [0, 0.05) is 0 Å². The van der Waals surface area contributed by atoms with Crippen LogP contribution in [-0.2, 0) is 11.2 Å². The average molecular weight is 433 g/mol. The molecule has 2 heterocycles. The number of alkyl halides is 5. The van der Waals surface area contributed by atoms with Crippen molar-refractivity contribution < 1.29 is 36.2 Å². The summed E-state index contributed by atoms with van der Waals surface area (Å²) in [5.41, 5.74) is -0.257. The van der Waals surface area contributed by atoms with E-state index in [4.69, 9.17) is 4.74 Å². The summed E-state index contributed by atoms with van der Waals surface area (Å²) in [5, 5.41) is 2.46. The van der Waals surface area contributed by atoms with E-state index in [0.29, 0.717) is 0 Å². The molecule has 0 spiro atoms. The Bertz CT molecular complexity index is 1020. The number of carbonyl (C=O) groups is 1. The van der Waals surface area contributed by atoms with E-state index in [1.807, 2.05) is 0 Å². The summed E-state index contributed by atoms with van der Waals surface area (Å²) in [6, 6.07) is 4.68. The normalized spacial score (nSPS) is 13.9. The summed E-state index contributed by atoms with van der Waals surface area (Å²) in [4.78, 5) is 28.6. The van der Waals surface area contributed by atoms with Gasteiger partial charge in [-0.25, -0.2) is 4.57 Å². The molecule has 1 aliphatic heterocycles. The van der Waals surface area contributed by atoms with Crippen LogP contribution in [0.1, 0.15) is 19.4 Å². The predicted octanol–water partition coefficient (Wildman–Crippen LogP) is 3.09. The van der Waals surface area contributed by atoms with Gasteiger partial charge in [0.15, 0.2) is 6.61 Å². The van der Waals surface area contributed by atoms with Gasteiger partial charge in [0.25, 0.3) is 5.56 Å². The highest BCUT2D eigenvalue weighted by atomic mass is 19.4. The molecule has 1 aliphatic rings. The first-order chi connectivity index (χ1) is 13.9. The van der Waals surface area contributed by atoms with Crippen molar-refractivity contribution in [1.29, 1.82) is 0 Å². The second kappa shape index (κ2) is 7.58. The molecule has 7 nitrogen and oxygen atoms in total. The fraction of sp³-hybridized carbons (Fsp3) is 0.389. The Morgan fingerprint density at radius 1 is 1.13 bits per heavy atom. The number of hydrogen-bond donors (Lipinski definition) is 1. The van der Waals surface area contributed by atoms with Crippen LogP contribution < -0.4 is 20.3 Å². The van der Waals surface area contributed by atoms with Crippen molar-refractivity contribution in [3.63, 3.8) is 0 Å². The minimum atomic E-state index is -5.73.